The Morgan fingerprint density at radius 3 is 2.83 bits per heavy atom. The maximum absolute atomic E-state index is 6.60. The van der Waals surface area contributed by atoms with Crippen LogP contribution in [-0.2, 0) is 0 Å². The lowest BCUT2D eigenvalue weighted by atomic mass is 10.0. The molecule has 24 heavy (non-hydrogen) atoms. The Morgan fingerprint density at radius 2 is 2.12 bits per heavy atom. The zero-order valence-electron chi connectivity index (χ0n) is 13.5. The lowest BCUT2D eigenvalue weighted by molar-refractivity contribution is 0.183. The molecule has 2 atom stereocenters. The minimum absolute atomic E-state index is 0.118. The first-order valence-corrected chi connectivity index (χ1v) is 9.82. The maximum atomic E-state index is 6.60. The van der Waals surface area contributed by atoms with Gasteiger partial charge in [0, 0.05) is 24.0 Å². The van der Waals surface area contributed by atoms with Crippen LogP contribution in [-0.4, -0.2) is 46.1 Å². The summed E-state index contributed by atoms with van der Waals surface area (Å²) in [6.07, 6.45) is 6.25. The second kappa shape index (κ2) is 6.80. The molecule has 2 fully saturated rings. The number of fused-ring (bicyclic) bond motifs is 1. The van der Waals surface area contributed by atoms with Crippen LogP contribution in [0.4, 0.5) is 5.82 Å². The Kier molecular flexibility index (Phi) is 4.70. The summed E-state index contributed by atoms with van der Waals surface area (Å²) in [5.41, 5.74) is 1.04. The van der Waals surface area contributed by atoms with Gasteiger partial charge in [0.15, 0.2) is 0 Å². The molecule has 4 rings (SSSR count). The van der Waals surface area contributed by atoms with E-state index in [1.807, 2.05) is 12.1 Å². The van der Waals surface area contributed by atoms with Gasteiger partial charge in [-0.1, -0.05) is 0 Å². The van der Waals surface area contributed by atoms with E-state index in [-0.39, 0.29) is 5.50 Å². The molecule has 2 aliphatic rings. The van der Waals surface area contributed by atoms with Gasteiger partial charge in [0.1, 0.15) is 17.9 Å². The summed E-state index contributed by atoms with van der Waals surface area (Å²) in [5, 5.41) is 4.58. The standard InChI is InChI=1S/C17H20ClIN4O/c1-24-15-7-12-14(8-13(15)19)20-9-21-17(12)22-10-4-5-23(11-2-3-11)16(18)6-10/h7-11,16H,2-6H2,1H3,(H,20,21,22). The zero-order chi connectivity index (χ0) is 16.7. The minimum atomic E-state index is 0.118. The van der Waals surface area contributed by atoms with Crippen LogP contribution in [0.5, 0.6) is 5.75 Å². The maximum Gasteiger partial charge on any atom is 0.137 e. The van der Waals surface area contributed by atoms with Crippen LogP contribution < -0.4 is 10.1 Å². The van der Waals surface area contributed by atoms with E-state index in [2.05, 4.69) is 42.8 Å². The van der Waals surface area contributed by atoms with Gasteiger partial charge in [-0.3, -0.25) is 4.90 Å². The molecule has 1 aromatic heterocycles. The number of piperidine rings is 1. The van der Waals surface area contributed by atoms with Crippen molar-refractivity contribution < 1.29 is 4.74 Å². The first kappa shape index (κ1) is 16.6. The third-order valence-electron chi connectivity index (χ3n) is 4.84. The molecule has 1 saturated carbocycles. The Bertz CT molecular complexity index is 755. The molecule has 2 unspecified atom stereocenters. The average Bonchev–Trinajstić information content (AvgIpc) is 3.39. The first-order valence-electron chi connectivity index (χ1n) is 8.30. The largest absolute Gasteiger partial charge is 0.496 e. The lowest BCUT2D eigenvalue weighted by Crippen LogP contribution is -2.44. The summed E-state index contributed by atoms with van der Waals surface area (Å²) in [7, 11) is 1.69. The second-order valence-electron chi connectivity index (χ2n) is 6.50. The summed E-state index contributed by atoms with van der Waals surface area (Å²) in [6, 6.07) is 5.10. The van der Waals surface area contributed by atoms with E-state index in [1.165, 1.54) is 12.8 Å². The third kappa shape index (κ3) is 3.28. The normalized spacial score (nSPS) is 25.0. The Labute approximate surface area is 160 Å². The molecule has 1 aliphatic heterocycles. The fraction of sp³-hybridized carbons (Fsp3) is 0.529. The van der Waals surface area contributed by atoms with Gasteiger partial charge < -0.3 is 10.1 Å². The van der Waals surface area contributed by atoms with Gasteiger partial charge in [0.05, 0.1) is 21.7 Å². The number of alkyl halides is 1. The van der Waals surface area contributed by atoms with Crippen molar-refractivity contribution in [3.63, 3.8) is 0 Å². The van der Waals surface area contributed by atoms with E-state index >= 15 is 0 Å². The third-order valence-corrected chi connectivity index (χ3v) is 6.11. The van der Waals surface area contributed by atoms with E-state index in [0.29, 0.717) is 6.04 Å². The van der Waals surface area contributed by atoms with Crippen molar-refractivity contribution in [3.8, 4) is 5.75 Å². The molecule has 2 heterocycles. The van der Waals surface area contributed by atoms with Gasteiger partial charge in [0.2, 0.25) is 0 Å². The first-order chi connectivity index (χ1) is 11.7. The number of ether oxygens (including phenoxy) is 1. The molecule has 0 amide bonds. The van der Waals surface area contributed by atoms with Crippen LogP contribution in [0.15, 0.2) is 18.5 Å². The summed E-state index contributed by atoms with van der Waals surface area (Å²) >= 11 is 8.86. The predicted octanol–water partition coefficient (Wildman–Crippen LogP) is 3.85. The predicted molar refractivity (Wildman–Crippen MR) is 105 cm³/mol. The van der Waals surface area contributed by atoms with E-state index in [4.69, 9.17) is 16.3 Å². The van der Waals surface area contributed by atoms with Crippen LogP contribution in [0.3, 0.4) is 0 Å². The number of nitrogens with one attached hydrogen (secondary N) is 1. The molecule has 1 aliphatic carbocycles. The summed E-state index contributed by atoms with van der Waals surface area (Å²) in [4.78, 5) is 11.3. The topological polar surface area (TPSA) is 50.3 Å². The highest BCUT2D eigenvalue weighted by molar-refractivity contribution is 14.1. The average molecular weight is 459 g/mol. The fourth-order valence-electron chi connectivity index (χ4n) is 3.40. The van der Waals surface area contributed by atoms with Crippen LogP contribution >= 0.6 is 34.2 Å². The summed E-state index contributed by atoms with van der Waals surface area (Å²) < 4.78 is 6.49. The van der Waals surface area contributed by atoms with E-state index in [0.717, 1.165) is 51.5 Å². The summed E-state index contributed by atoms with van der Waals surface area (Å²) in [5.74, 6) is 1.71. The molecule has 1 saturated heterocycles. The van der Waals surface area contributed by atoms with Gasteiger partial charge >= 0.3 is 0 Å². The molecule has 7 heteroatoms. The molecule has 1 N–H and O–H groups in total. The number of hydrogen-bond acceptors (Lipinski definition) is 5. The van der Waals surface area contributed by atoms with E-state index < -0.39 is 0 Å². The van der Waals surface area contributed by atoms with Gasteiger partial charge in [0.25, 0.3) is 0 Å². The van der Waals surface area contributed by atoms with Crippen LogP contribution in [0, 0.1) is 3.57 Å². The molecule has 0 bridgehead atoms. The highest BCUT2D eigenvalue weighted by atomic mass is 127. The van der Waals surface area contributed by atoms with Gasteiger partial charge in [-0.05, 0) is 60.4 Å². The van der Waals surface area contributed by atoms with Crippen molar-refractivity contribution in [2.24, 2.45) is 0 Å². The Morgan fingerprint density at radius 1 is 1.29 bits per heavy atom. The van der Waals surface area contributed by atoms with Crippen molar-refractivity contribution >= 4 is 50.9 Å². The minimum Gasteiger partial charge on any atom is -0.496 e. The molecule has 2 aromatic rings. The number of nitrogens with zero attached hydrogens (tertiary/aromatic N) is 3. The Balaban J connectivity index is 1.56. The van der Waals surface area contributed by atoms with Gasteiger partial charge in [-0.15, -0.1) is 11.6 Å². The highest BCUT2D eigenvalue weighted by Crippen LogP contribution is 2.35. The fourth-order valence-corrected chi connectivity index (χ4v) is 4.55. The van der Waals surface area contributed by atoms with Gasteiger partial charge in [-0.2, -0.15) is 0 Å². The van der Waals surface area contributed by atoms with Crippen molar-refractivity contribution in [2.75, 3.05) is 19.0 Å². The second-order valence-corrected chi connectivity index (χ2v) is 8.16. The zero-order valence-corrected chi connectivity index (χ0v) is 16.4. The molecule has 5 nitrogen and oxygen atoms in total. The van der Waals surface area contributed by atoms with E-state index in [9.17, 15) is 0 Å². The Hall–Kier alpha value is -0.860. The number of halogens is 2. The van der Waals surface area contributed by atoms with Crippen molar-refractivity contribution in [1.29, 1.82) is 0 Å². The monoisotopic (exact) mass is 458 g/mol. The number of methoxy groups -OCH3 is 1. The number of likely N-dealkylation sites (tertiary alicyclic amines) is 1. The van der Waals surface area contributed by atoms with Crippen LogP contribution in [0.25, 0.3) is 10.9 Å². The smallest absolute Gasteiger partial charge is 0.137 e. The number of aromatic nitrogens is 2. The number of hydrogen-bond donors (Lipinski definition) is 1. The van der Waals surface area contributed by atoms with E-state index in [1.54, 1.807) is 13.4 Å². The van der Waals surface area contributed by atoms with Gasteiger partial charge in [-0.25, -0.2) is 9.97 Å². The van der Waals surface area contributed by atoms with Crippen LogP contribution in [0.2, 0.25) is 0 Å². The SMILES string of the molecule is COc1cc2c(NC3CCN(C4CC4)C(Cl)C3)ncnc2cc1I. The molecule has 128 valence electrons. The quantitative estimate of drug-likeness (QED) is 0.428. The number of rotatable bonds is 4. The number of anilines is 1. The lowest BCUT2D eigenvalue weighted by Gasteiger charge is -2.36. The molecular weight excluding hydrogens is 439 g/mol. The highest BCUT2D eigenvalue weighted by Gasteiger charge is 2.37. The van der Waals surface area contributed by atoms with Crippen molar-refractivity contribution in [2.45, 2.75) is 43.3 Å². The van der Waals surface area contributed by atoms with Crippen molar-refractivity contribution in [3.05, 3.63) is 22.0 Å². The molecule has 0 radical (unpaired) electrons. The van der Waals surface area contributed by atoms with Crippen molar-refractivity contribution in [1.82, 2.24) is 14.9 Å². The molecule has 1 aromatic carbocycles. The molecular formula is C17H20ClIN4O. The number of benzene rings is 1. The summed E-state index contributed by atoms with van der Waals surface area (Å²) in [6.45, 7) is 1.06. The van der Waals surface area contributed by atoms with Crippen LogP contribution in [0.1, 0.15) is 25.7 Å². The molecule has 0 spiro atoms.